The normalized spacial score (nSPS) is 11.2. The molecule has 0 aliphatic carbocycles. The summed E-state index contributed by atoms with van der Waals surface area (Å²) in [4.78, 5) is 25.1. The van der Waals surface area contributed by atoms with E-state index in [4.69, 9.17) is 25.3 Å². The molecule has 1 aromatic heterocycles. The Morgan fingerprint density at radius 3 is 1.81 bits per heavy atom. The Morgan fingerprint density at radius 1 is 0.844 bits per heavy atom. The van der Waals surface area contributed by atoms with Crippen molar-refractivity contribution in [2.75, 3.05) is 0 Å². The van der Waals surface area contributed by atoms with Crippen molar-refractivity contribution in [3.05, 3.63) is 93.0 Å². The van der Waals surface area contributed by atoms with E-state index in [1.165, 1.54) is 48.5 Å². The maximum absolute atomic E-state index is 10.9. The van der Waals surface area contributed by atoms with Crippen LogP contribution in [0.3, 0.4) is 0 Å². The largest absolute Gasteiger partial charge is 0.431 e. The van der Waals surface area contributed by atoms with E-state index in [9.17, 15) is 20.2 Å². The molecule has 0 N–H and O–H groups in total. The first-order valence-electron chi connectivity index (χ1n) is 8.85. The van der Waals surface area contributed by atoms with Crippen molar-refractivity contribution in [3.8, 4) is 11.5 Å². The molecule has 0 saturated heterocycles. The zero-order chi connectivity index (χ0) is 22.7. The molecule has 0 unspecified atom stereocenters. The van der Waals surface area contributed by atoms with Crippen LogP contribution in [0.1, 0.15) is 0 Å². The minimum absolute atomic E-state index is 0.103. The van der Waals surface area contributed by atoms with Crippen LogP contribution in [0.15, 0.2) is 82.4 Å². The molecule has 0 spiro atoms. The van der Waals surface area contributed by atoms with E-state index in [1.54, 1.807) is 18.2 Å². The second-order valence-corrected chi connectivity index (χ2v) is 12.1. The highest BCUT2D eigenvalue weighted by atomic mass is 32.9. The number of nitrogens with zero attached hydrogens (tertiary/aromatic N) is 3. The van der Waals surface area contributed by atoms with E-state index in [-0.39, 0.29) is 28.1 Å². The van der Waals surface area contributed by atoms with Crippen LogP contribution in [0.4, 0.5) is 11.4 Å². The third-order valence-electron chi connectivity index (χ3n) is 3.99. The number of benzene rings is 3. The highest BCUT2D eigenvalue weighted by molar-refractivity contribution is 8.68. The summed E-state index contributed by atoms with van der Waals surface area (Å²) in [5, 5.41) is 22.0. The van der Waals surface area contributed by atoms with Crippen LogP contribution in [0.25, 0.3) is 11.1 Å². The summed E-state index contributed by atoms with van der Waals surface area (Å²) in [6.07, 6.45) is 0. The summed E-state index contributed by atoms with van der Waals surface area (Å²) in [5.74, 6) is 0.508. The van der Waals surface area contributed by atoms with Gasteiger partial charge in [-0.3, -0.25) is 20.2 Å². The monoisotopic (exact) mass is 489 g/mol. The topological polar surface area (TPSA) is 131 Å². The first-order valence-corrected chi connectivity index (χ1v) is 12.9. The predicted molar refractivity (Wildman–Crippen MR) is 122 cm³/mol. The zero-order valence-corrected chi connectivity index (χ0v) is 18.4. The maximum Gasteiger partial charge on any atom is 0.357 e. The highest BCUT2D eigenvalue weighted by Gasteiger charge is 2.29. The van der Waals surface area contributed by atoms with Crippen molar-refractivity contribution < 1.29 is 23.3 Å². The molecule has 3 aromatic carbocycles. The number of nitro benzene ring substituents is 2. The smallest absolute Gasteiger partial charge is 0.357 e. The average molecular weight is 489 g/mol. The molecule has 1 heterocycles. The van der Waals surface area contributed by atoms with E-state index >= 15 is 0 Å². The molecule has 0 fully saturated rings. The van der Waals surface area contributed by atoms with Gasteiger partial charge in [-0.2, -0.15) is 0 Å². The highest BCUT2D eigenvalue weighted by Crippen LogP contribution is 2.63. The molecule has 0 aliphatic rings. The summed E-state index contributed by atoms with van der Waals surface area (Å²) < 4.78 is 17.6. The number of oxazole rings is 1. The van der Waals surface area contributed by atoms with Crippen molar-refractivity contribution in [2.24, 2.45) is 0 Å². The van der Waals surface area contributed by atoms with E-state index < -0.39 is 15.5 Å². The number of para-hydroxylation sites is 2. The number of hydrogen-bond donors (Lipinski definition) is 0. The van der Waals surface area contributed by atoms with Crippen LogP contribution in [-0.4, -0.2) is 14.8 Å². The van der Waals surface area contributed by atoms with Gasteiger partial charge in [0.1, 0.15) is 17.0 Å². The summed E-state index contributed by atoms with van der Waals surface area (Å²) in [6, 6.07) is 17.9. The molecule has 10 nitrogen and oxygen atoms in total. The molecule has 0 bridgehead atoms. The number of nitro groups is 2. The minimum atomic E-state index is -3.26. The molecule has 0 amide bonds. The third-order valence-corrected chi connectivity index (χ3v) is 8.12. The second-order valence-electron chi connectivity index (χ2n) is 6.17. The number of non-ortho nitro benzene ring substituents is 2. The first kappa shape index (κ1) is 21.8. The lowest BCUT2D eigenvalue weighted by molar-refractivity contribution is -0.385. The van der Waals surface area contributed by atoms with Gasteiger partial charge in [0.05, 0.1) is 21.2 Å². The summed E-state index contributed by atoms with van der Waals surface area (Å²) in [7, 11) is 0. The van der Waals surface area contributed by atoms with E-state index in [1.807, 2.05) is 6.07 Å². The molecular weight excluding hydrogens is 477 g/mol. The van der Waals surface area contributed by atoms with Gasteiger partial charge in [-0.25, -0.2) is 4.98 Å². The predicted octanol–water partition coefficient (Wildman–Crippen LogP) is 6.12. The van der Waals surface area contributed by atoms with Crippen LogP contribution in [0, 0.1) is 20.2 Å². The van der Waals surface area contributed by atoms with Gasteiger partial charge in [-0.15, -0.1) is 0 Å². The molecule has 0 aliphatic heterocycles. The van der Waals surface area contributed by atoms with E-state index in [0.29, 0.717) is 11.1 Å². The summed E-state index contributed by atoms with van der Waals surface area (Å²) in [6.45, 7) is 0. The van der Waals surface area contributed by atoms with Gasteiger partial charge in [0.15, 0.2) is 5.58 Å². The zero-order valence-electron chi connectivity index (χ0n) is 15.9. The lowest BCUT2D eigenvalue weighted by Gasteiger charge is -2.21. The number of hydrogen-bond acceptors (Lipinski definition) is 10. The summed E-state index contributed by atoms with van der Waals surface area (Å²) >= 11 is 6.65. The van der Waals surface area contributed by atoms with E-state index in [0.717, 1.165) is 11.4 Å². The molecule has 32 heavy (non-hydrogen) atoms. The van der Waals surface area contributed by atoms with Crippen molar-refractivity contribution in [1.82, 2.24) is 4.98 Å². The van der Waals surface area contributed by atoms with Gasteiger partial charge in [0, 0.05) is 36.1 Å². The SMILES string of the molecule is O=[N+]([O-])c1ccc(OP(=S)(Oc2ccc([N+](=O)[O-])cc2)Sc2nc3ccccc3o2)cc1. The van der Waals surface area contributed by atoms with Gasteiger partial charge in [0.25, 0.3) is 16.6 Å². The Hall–Kier alpha value is -3.47. The first-order chi connectivity index (χ1) is 15.3. The van der Waals surface area contributed by atoms with Gasteiger partial charge in [-0.05, 0) is 36.4 Å². The average Bonchev–Trinajstić information content (AvgIpc) is 3.16. The summed E-state index contributed by atoms with van der Waals surface area (Å²) in [5.41, 5.74) is -2.29. The van der Waals surface area contributed by atoms with Crippen molar-refractivity contribution in [2.45, 2.75) is 5.22 Å². The fourth-order valence-electron chi connectivity index (χ4n) is 2.56. The number of fused-ring (bicyclic) bond motifs is 1. The van der Waals surface area contributed by atoms with Gasteiger partial charge in [0.2, 0.25) is 0 Å². The Balaban J connectivity index is 1.64. The second kappa shape index (κ2) is 8.95. The van der Waals surface area contributed by atoms with Crippen molar-refractivity contribution in [1.29, 1.82) is 0 Å². The standard InChI is InChI=1S/C19H12N3O7PS2/c23-21(24)13-5-9-15(10-6-13)28-30(31,29-16-11-7-14(8-12-16)22(25)26)32-19-20-17-3-1-2-4-18(17)27-19/h1-12H. The minimum Gasteiger partial charge on any atom is -0.431 e. The maximum atomic E-state index is 10.9. The van der Waals surface area contributed by atoms with Crippen LogP contribution in [0.5, 0.6) is 11.5 Å². The van der Waals surface area contributed by atoms with Gasteiger partial charge >= 0.3 is 5.69 Å². The lowest BCUT2D eigenvalue weighted by atomic mass is 10.3. The fraction of sp³-hybridized carbons (Fsp3) is 0. The third kappa shape index (κ3) is 5.05. The van der Waals surface area contributed by atoms with Crippen LogP contribution >= 0.6 is 17.1 Å². The molecule has 0 saturated carbocycles. The lowest BCUT2D eigenvalue weighted by Crippen LogP contribution is -1.98. The number of rotatable bonds is 8. The van der Waals surface area contributed by atoms with Gasteiger partial charge in [-0.1, -0.05) is 12.1 Å². The molecular formula is C19H12N3O7PS2. The molecule has 0 atom stereocenters. The van der Waals surface area contributed by atoms with Crippen LogP contribution in [-0.2, 0) is 11.8 Å². The van der Waals surface area contributed by atoms with Gasteiger partial charge < -0.3 is 13.5 Å². The Morgan fingerprint density at radius 2 is 1.34 bits per heavy atom. The Labute approximate surface area is 189 Å². The molecule has 4 aromatic rings. The number of aromatic nitrogens is 1. The fourth-order valence-corrected chi connectivity index (χ4v) is 6.52. The Bertz CT molecular complexity index is 1250. The van der Waals surface area contributed by atoms with E-state index in [2.05, 4.69) is 4.98 Å². The molecule has 0 radical (unpaired) electrons. The van der Waals surface area contributed by atoms with Crippen molar-refractivity contribution >= 4 is 51.4 Å². The quantitative estimate of drug-likeness (QED) is 0.162. The Kier molecular flexibility index (Phi) is 6.08. The molecule has 4 rings (SSSR count). The van der Waals surface area contributed by atoms with Crippen LogP contribution in [0.2, 0.25) is 0 Å². The van der Waals surface area contributed by atoms with Crippen molar-refractivity contribution in [3.63, 3.8) is 0 Å². The molecule has 13 heteroatoms. The van der Waals surface area contributed by atoms with Crippen LogP contribution < -0.4 is 9.05 Å². The molecule has 162 valence electrons.